The maximum absolute atomic E-state index is 11.8. The normalized spacial score (nSPS) is 13.7. The fourth-order valence-electron chi connectivity index (χ4n) is 2.09. The lowest BCUT2D eigenvalue weighted by atomic mass is 10.1. The predicted octanol–water partition coefficient (Wildman–Crippen LogP) is 2.22. The van der Waals surface area contributed by atoms with Crippen LogP contribution in [0.15, 0.2) is 29.6 Å². The first kappa shape index (κ1) is 14.7. The molecule has 1 aromatic heterocycles. The largest absolute Gasteiger partial charge is 0.273 e. The summed E-state index contributed by atoms with van der Waals surface area (Å²) in [5, 5.41) is 2.77. The van der Waals surface area contributed by atoms with Crippen LogP contribution in [0.3, 0.4) is 0 Å². The highest BCUT2D eigenvalue weighted by atomic mass is 32.1. The standard InChI is InChI=1S/C16H17N3O2S/c1-10-3-2-4-12(7-10)16-17-13(9-22-16)8-14(20)18-19-15(21)11-5-6-11/h2-4,7,9,11H,5-6,8H2,1H3,(H,18,20)(H,19,21). The van der Waals surface area contributed by atoms with Gasteiger partial charge in [0.25, 0.3) is 0 Å². The Morgan fingerprint density at radius 3 is 2.86 bits per heavy atom. The number of thiazole rings is 1. The molecule has 1 aromatic carbocycles. The van der Waals surface area contributed by atoms with Crippen LogP contribution < -0.4 is 10.9 Å². The predicted molar refractivity (Wildman–Crippen MR) is 85.0 cm³/mol. The van der Waals surface area contributed by atoms with Gasteiger partial charge in [-0.1, -0.05) is 23.8 Å². The van der Waals surface area contributed by atoms with Crippen LogP contribution >= 0.6 is 11.3 Å². The molecule has 6 heteroatoms. The Kier molecular flexibility index (Phi) is 4.20. The fourth-order valence-corrected chi connectivity index (χ4v) is 2.90. The molecule has 2 N–H and O–H groups in total. The third-order valence-electron chi connectivity index (χ3n) is 3.43. The van der Waals surface area contributed by atoms with Crippen LogP contribution in [0.5, 0.6) is 0 Å². The molecule has 5 nitrogen and oxygen atoms in total. The summed E-state index contributed by atoms with van der Waals surface area (Å²) in [5.74, 6) is -0.283. The van der Waals surface area contributed by atoms with Crippen LogP contribution in [0.25, 0.3) is 10.6 Å². The summed E-state index contributed by atoms with van der Waals surface area (Å²) in [6.07, 6.45) is 1.98. The molecule has 2 amide bonds. The summed E-state index contributed by atoms with van der Waals surface area (Å²) < 4.78 is 0. The molecular weight excluding hydrogens is 298 g/mol. The van der Waals surface area contributed by atoms with E-state index < -0.39 is 0 Å². The van der Waals surface area contributed by atoms with E-state index in [2.05, 4.69) is 21.9 Å². The number of hydrazine groups is 1. The number of hydrogen-bond acceptors (Lipinski definition) is 4. The average Bonchev–Trinajstić information content (AvgIpc) is 3.25. The number of benzene rings is 1. The van der Waals surface area contributed by atoms with Crippen molar-refractivity contribution < 1.29 is 9.59 Å². The summed E-state index contributed by atoms with van der Waals surface area (Å²) >= 11 is 1.51. The summed E-state index contributed by atoms with van der Waals surface area (Å²) in [6.45, 7) is 2.04. The SMILES string of the molecule is Cc1cccc(-c2nc(CC(=O)NNC(=O)C3CC3)cs2)c1. The van der Waals surface area contributed by atoms with Crippen LogP contribution in [0.2, 0.25) is 0 Å². The molecule has 0 aliphatic heterocycles. The van der Waals surface area contributed by atoms with Crippen molar-refractivity contribution in [3.05, 3.63) is 40.9 Å². The number of rotatable bonds is 4. The van der Waals surface area contributed by atoms with E-state index >= 15 is 0 Å². The number of amides is 2. The number of aromatic nitrogens is 1. The maximum atomic E-state index is 11.8. The molecule has 0 radical (unpaired) electrons. The lowest BCUT2D eigenvalue weighted by Crippen LogP contribution is -2.43. The van der Waals surface area contributed by atoms with Gasteiger partial charge in [-0.25, -0.2) is 4.98 Å². The van der Waals surface area contributed by atoms with Crippen molar-refractivity contribution in [2.75, 3.05) is 0 Å². The summed E-state index contributed by atoms with van der Waals surface area (Å²) in [7, 11) is 0. The van der Waals surface area contributed by atoms with E-state index in [1.165, 1.54) is 16.9 Å². The monoisotopic (exact) mass is 315 g/mol. The van der Waals surface area contributed by atoms with E-state index in [1.807, 2.05) is 30.5 Å². The zero-order valence-electron chi connectivity index (χ0n) is 12.3. The first-order valence-electron chi connectivity index (χ1n) is 7.22. The minimum Gasteiger partial charge on any atom is -0.273 e. The Labute approximate surface area is 132 Å². The van der Waals surface area contributed by atoms with Gasteiger partial charge in [0, 0.05) is 16.9 Å². The molecular formula is C16H17N3O2S. The van der Waals surface area contributed by atoms with E-state index in [9.17, 15) is 9.59 Å². The zero-order chi connectivity index (χ0) is 15.5. The molecule has 3 rings (SSSR count). The lowest BCUT2D eigenvalue weighted by Gasteiger charge is -2.05. The minimum absolute atomic E-state index is 0.0764. The van der Waals surface area contributed by atoms with Crippen LogP contribution in [0, 0.1) is 12.8 Å². The van der Waals surface area contributed by atoms with E-state index in [0.29, 0.717) is 5.69 Å². The van der Waals surface area contributed by atoms with Crippen molar-refractivity contribution >= 4 is 23.2 Å². The Bertz CT molecular complexity index is 707. The highest BCUT2D eigenvalue weighted by Gasteiger charge is 2.29. The second-order valence-electron chi connectivity index (χ2n) is 5.50. The van der Waals surface area contributed by atoms with Crippen LogP contribution in [0.4, 0.5) is 0 Å². The van der Waals surface area contributed by atoms with Gasteiger partial charge in [-0.15, -0.1) is 11.3 Å². The lowest BCUT2D eigenvalue weighted by molar-refractivity contribution is -0.129. The second-order valence-corrected chi connectivity index (χ2v) is 6.36. The zero-order valence-corrected chi connectivity index (χ0v) is 13.1. The number of carbonyl (C=O) groups excluding carboxylic acids is 2. The van der Waals surface area contributed by atoms with Crippen molar-refractivity contribution in [2.45, 2.75) is 26.2 Å². The molecule has 1 heterocycles. The topological polar surface area (TPSA) is 71.1 Å². The Balaban J connectivity index is 1.56. The van der Waals surface area contributed by atoms with E-state index in [1.54, 1.807) is 0 Å². The number of nitrogens with one attached hydrogen (secondary N) is 2. The molecule has 0 unspecified atom stereocenters. The molecule has 1 aliphatic rings. The van der Waals surface area contributed by atoms with Gasteiger partial charge in [0.2, 0.25) is 11.8 Å². The van der Waals surface area contributed by atoms with Gasteiger partial charge in [-0.3, -0.25) is 20.4 Å². The van der Waals surface area contributed by atoms with Gasteiger partial charge >= 0.3 is 0 Å². The molecule has 114 valence electrons. The van der Waals surface area contributed by atoms with Gasteiger partial charge in [0.15, 0.2) is 0 Å². The molecule has 0 atom stereocenters. The van der Waals surface area contributed by atoms with Crippen LogP contribution in [0.1, 0.15) is 24.1 Å². The van der Waals surface area contributed by atoms with Crippen molar-refractivity contribution in [3.8, 4) is 10.6 Å². The summed E-state index contributed by atoms with van der Waals surface area (Å²) in [5.41, 5.74) is 7.82. The van der Waals surface area contributed by atoms with Crippen LogP contribution in [-0.2, 0) is 16.0 Å². The molecule has 1 saturated carbocycles. The number of nitrogens with zero attached hydrogens (tertiary/aromatic N) is 1. The molecule has 2 aromatic rings. The van der Waals surface area contributed by atoms with Crippen LogP contribution in [-0.4, -0.2) is 16.8 Å². The quantitative estimate of drug-likeness (QED) is 0.850. The third-order valence-corrected chi connectivity index (χ3v) is 4.37. The minimum atomic E-state index is -0.255. The number of aryl methyl sites for hydroxylation is 1. The number of hydrogen-bond donors (Lipinski definition) is 2. The molecule has 1 aliphatic carbocycles. The van der Waals surface area contributed by atoms with Gasteiger partial charge in [-0.2, -0.15) is 0 Å². The highest BCUT2D eigenvalue weighted by Crippen LogP contribution is 2.28. The molecule has 1 fully saturated rings. The van der Waals surface area contributed by atoms with Gasteiger partial charge in [-0.05, 0) is 25.8 Å². The highest BCUT2D eigenvalue weighted by molar-refractivity contribution is 7.13. The summed E-state index contributed by atoms with van der Waals surface area (Å²) in [4.78, 5) is 27.7. The van der Waals surface area contributed by atoms with Crippen molar-refractivity contribution in [2.24, 2.45) is 5.92 Å². The van der Waals surface area contributed by atoms with Crippen molar-refractivity contribution in [1.82, 2.24) is 15.8 Å². The van der Waals surface area contributed by atoms with Gasteiger partial charge in [0.05, 0.1) is 12.1 Å². The smallest absolute Gasteiger partial charge is 0.244 e. The molecule has 0 saturated heterocycles. The summed E-state index contributed by atoms with van der Waals surface area (Å²) in [6, 6.07) is 8.10. The van der Waals surface area contributed by atoms with E-state index in [0.717, 1.165) is 23.4 Å². The van der Waals surface area contributed by atoms with Gasteiger partial charge < -0.3 is 0 Å². The Morgan fingerprint density at radius 1 is 1.32 bits per heavy atom. The molecule has 22 heavy (non-hydrogen) atoms. The maximum Gasteiger partial charge on any atom is 0.244 e. The third kappa shape index (κ3) is 3.71. The van der Waals surface area contributed by atoms with Crippen molar-refractivity contribution in [3.63, 3.8) is 0 Å². The molecule has 0 spiro atoms. The Hall–Kier alpha value is -2.21. The fraction of sp³-hybridized carbons (Fsp3) is 0.312. The van der Waals surface area contributed by atoms with E-state index in [4.69, 9.17) is 0 Å². The molecule has 0 bridgehead atoms. The first-order valence-corrected chi connectivity index (χ1v) is 8.10. The van der Waals surface area contributed by atoms with Gasteiger partial charge in [0.1, 0.15) is 5.01 Å². The average molecular weight is 315 g/mol. The van der Waals surface area contributed by atoms with E-state index in [-0.39, 0.29) is 24.2 Å². The first-order chi connectivity index (χ1) is 10.6. The second kappa shape index (κ2) is 6.27. The Morgan fingerprint density at radius 2 is 2.14 bits per heavy atom. The van der Waals surface area contributed by atoms with Crippen molar-refractivity contribution in [1.29, 1.82) is 0 Å². The number of carbonyl (C=O) groups is 2.